The zero-order valence-corrected chi connectivity index (χ0v) is 17.5. The minimum Gasteiger partial charge on any atom is -0.372 e. The van der Waals surface area contributed by atoms with Crippen molar-refractivity contribution in [1.29, 1.82) is 0 Å². The third kappa shape index (κ3) is 2.81. The molecule has 0 bridgehead atoms. The number of anilines is 1. The third-order valence-electron chi connectivity index (χ3n) is 6.47. The zero-order chi connectivity index (χ0) is 20.2. The number of para-hydroxylation sites is 2. The molecular formula is C23H25N3O2S. The maximum atomic E-state index is 13.2. The number of nitrogens with zero attached hydrogens (tertiary/aromatic N) is 2. The Morgan fingerprint density at radius 3 is 2.45 bits per heavy atom. The van der Waals surface area contributed by atoms with E-state index in [0.29, 0.717) is 18.0 Å². The van der Waals surface area contributed by atoms with E-state index in [-0.39, 0.29) is 5.54 Å². The average Bonchev–Trinajstić information content (AvgIpc) is 3.22. The van der Waals surface area contributed by atoms with Gasteiger partial charge in [0.25, 0.3) is 0 Å². The Kier molecular flexibility index (Phi) is 4.12. The summed E-state index contributed by atoms with van der Waals surface area (Å²) in [5, 5.41) is 3.74. The molecule has 3 aromatic rings. The van der Waals surface area contributed by atoms with E-state index in [1.54, 1.807) is 16.4 Å². The van der Waals surface area contributed by atoms with Crippen LogP contribution in [0.3, 0.4) is 0 Å². The maximum absolute atomic E-state index is 13.2. The molecule has 1 aromatic heterocycles. The summed E-state index contributed by atoms with van der Waals surface area (Å²) >= 11 is 0. The van der Waals surface area contributed by atoms with Crippen molar-refractivity contribution < 1.29 is 8.42 Å². The van der Waals surface area contributed by atoms with Crippen LogP contribution in [0, 0.1) is 13.8 Å². The molecule has 2 aromatic carbocycles. The summed E-state index contributed by atoms with van der Waals surface area (Å²) in [5.41, 5.74) is 5.31. The molecule has 6 heteroatoms. The van der Waals surface area contributed by atoms with E-state index in [9.17, 15) is 8.42 Å². The molecule has 29 heavy (non-hydrogen) atoms. The normalized spacial score (nSPS) is 18.1. The lowest BCUT2D eigenvalue weighted by Crippen LogP contribution is -2.50. The summed E-state index contributed by atoms with van der Waals surface area (Å²) in [6.45, 7) is 4.94. The van der Waals surface area contributed by atoms with E-state index >= 15 is 0 Å². The Bertz CT molecular complexity index is 1190. The Balaban J connectivity index is 1.44. The van der Waals surface area contributed by atoms with Crippen LogP contribution in [0.25, 0.3) is 5.69 Å². The Hall–Kier alpha value is -2.57. The molecule has 0 saturated carbocycles. The van der Waals surface area contributed by atoms with E-state index in [4.69, 9.17) is 0 Å². The molecule has 0 atom stereocenters. The summed E-state index contributed by atoms with van der Waals surface area (Å²) in [7, 11) is -3.48. The number of piperidine rings is 1. The highest BCUT2D eigenvalue weighted by molar-refractivity contribution is 7.89. The summed E-state index contributed by atoms with van der Waals surface area (Å²) in [5.74, 6) is 0. The summed E-state index contributed by atoms with van der Waals surface area (Å²) < 4.78 is 30.3. The fourth-order valence-corrected chi connectivity index (χ4v) is 6.13. The van der Waals surface area contributed by atoms with Crippen LogP contribution in [0.5, 0.6) is 0 Å². The highest BCUT2D eigenvalue weighted by Crippen LogP contribution is 2.43. The van der Waals surface area contributed by atoms with Gasteiger partial charge in [0.05, 0.1) is 21.8 Å². The predicted molar refractivity (Wildman–Crippen MR) is 115 cm³/mol. The molecule has 150 valence electrons. The average molecular weight is 408 g/mol. The quantitative estimate of drug-likeness (QED) is 0.693. The standard InChI is InChI=1S/C23H25N3O2S/c1-17-9-10-19(16-18(17)2)29(27,28)25-14-11-23(12-15-25)22-8-5-13-26(22)21-7-4-3-6-20(21)24-23/h3-10,13,16,24H,11-12,14-15H2,1-2H3. The molecule has 1 N–H and O–H groups in total. The van der Waals surface area contributed by atoms with Gasteiger partial charge in [-0.05, 0) is 74.2 Å². The number of benzene rings is 2. The number of nitrogens with one attached hydrogen (secondary N) is 1. The lowest BCUT2D eigenvalue weighted by Gasteiger charge is -2.45. The van der Waals surface area contributed by atoms with Crippen molar-refractivity contribution in [2.24, 2.45) is 0 Å². The van der Waals surface area contributed by atoms with Gasteiger partial charge in [0.15, 0.2) is 0 Å². The summed E-state index contributed by atoms with van der Waals surface area (Å²) in [4.78, 5) is 0.391. The molecule has 5 nitrogen and oxygen atoms in total. The zero-order valence-electron chi connectivity index (χ0n) is 16.7. The first-order valence-corrected chi connectivity index (χ1v) is 11.5. The number of rotatable bonds is 2. The second-order valence-electron chi connectivity index (χ2n) is 8.14. The number of fused-ring (bicyclic) bond motifs is 4. The van der Waals surface area contributed by atoms with Gasteiger partial charge in [0, 0.05) is 25.0 Å². The Labute approximate surface area is 172 Å². The van der Waals surface area contributed by atoms with Gasteiger partial charge in [-0.1, -0.05) is 18.2 Å². The van der Waals surface area contributed by atoms with Gasteiger partial charge < -0.3 is 9.88 Å². The fourth-order valence-electron chi connectivity index (χ4n) is 4.61. The molecular weight excluding hydrogens is 382 g/mol. The van der Waals surface area contributed by atoms with Crippen molar-refractivity contribution in [1.82, 2.24) is 8.87 Å². The molecule has 0 unspecified atom stereocenters. The van der Waals surface area contributed by atoms with Crippen LogP contribution in [0.1, 0.15) is 29.7 Å². The van der Waals surface area contributed by atoms with E-state index in [0.717, 1.165) is 35.3 Å². The van der Waals surface area contributed by atoms with Crippen LogP contribution in [-0.4, -0.2) is 30.4 Å². The summed E-state index contributed by atoms with van der Waals surface area (Å²) in [6.07, 6.45) is 3.56. The monoisotopic (exact) mass is 407 g/mol. The number of sulfonamides is 1. The van der Waals surface area contributed by atoms with Gasteiger partial charge in [-0.3, -0.25) is 0 Å². The van der Waals surface area contributed by atoms with Gasteiger partial charge in [-0.25, -0.2) is 8.42 Å². The highest BCUT2D eigenvalue weighted by Gasteiger charge is 2.43. The van der Waals surface area contributed by atoms with E-state index < -0.39 is 10.0 Å². The second-order valence-corrected chi connectivity index (χ2v) is 10.1. The molecule has 0 radical (unpaired) electrons. The first kappa shape index (κ1) is 18.5. The number of aryl methyl sites for hydroxylation is 2. The molecule has 3 heterocycles. The first-order valence-electron chi connectivity index (χ1n) is 10.0. The number of hydrogen-bond donors (Lipinski definition) is 1. The molecule has 2 aliphatic heterocycles. The molecule has 0 amide bonds. The van der Waals surface area contributed by atoms with Crippen LogP contribution in [-0.2, 0) is 15.6 Å². The fraction of sp³-hybridized carbons (Fsp3) is 0.304. The predicted octanol–water partition coefficient (Wildman–Crippen LogP) is 4.20. The molecule has 1 spiro atoms. The molecule has 2 aliphatic rings. The topological polar surface area (TPSA) is 54.3 Å². The van der Waals surface area contributed by atoms with Crippen molar-refractivity contribution in [3.8, 4) is 5.69 Å². The van der Waals surface area contributed by atoms with Crippen molar-refractivity contribution >= 4 is 15.7 Å². The van der Waals surface area contributed by atoms with Crippen molar-refractivity contribution in [3.05, 3.63) is 77.6 Å². The minimum atomic E-state index is -3.48. The Morgan fingerprint density at radius 1 is 0.931 bits per heavy atom. The smallest absolute Gasteiger partial charge is 0.243 e. The van der Waals surface area contributed by atoms with E-state index in [1.807, 2.05) is 32.0 Å². The van der Waals surface area contributed by atoms with Gasteiger partial charge >= 0.3 is 0 Å². The third-order valence-corrected chi connectivity index (χ3v) is 8.36. The van der Waals surface area contributed by atoms with Gasteiger partial charge in [0.1, 0.15) is 0 Å². The molecule has 1 fully saturated rings. The van der Waals surface area contributed by atoms with Gasteiger partial charge in [-0.2, -0.15) is 4.31 Å². The van der Waals surface area contributed by atoms with Crippen LogP contribution < -0.4 is 5.32 Å². The molecule has 0 aliphatic carbocycles. The number of hydrogen-bond acceptors (Lipinski definition) is 3. The number of aromatic nitrogens is 1. The second kappa shape index (κ2) is 6.47. The van der Waals surface area contributed by atoms with Gasteiger partial charge in [0.2, 0.25) is 10.0 Å². The molecule has 1 saturated heterocycles. The largest absolute Gasteiger partial charge is 0.372 e. The van der Waals surface area contributed by atoms with Crippen LogP contribution in [0.4, 0.5) is 5.69 Å². The van der Waals surface area contributed by atoms with Crippen LogP contribution in [0.15, 0.2) is 65.7 Å². The maximum Gasteiger partial charge on any atom is 0.243 e. The van der Waals surface area contributed by atoms with Crippen LogP contribution in [0.2, 0.25) is 0 Å². The lowest BCUT2D eigenvalue weighted by molar-refractivity contribution is 0.247. The van der Waals surface area contributed by atoms with Gasteiger partial charge in [-0.15, -0.1) is 0 Å². The van der Waals surface area contributed by atoms with Crippen LogP contribution >= 0.6 is 0 Å². The van der Waals surface area contributed by atoms with E-state index in [1.165, 1.54) is 5.69 Å². The van der Waals surface area contributed by atoms with Crippen molar-refractivity contribution in [2.75, 3.05) is 18.4 Å². The van der Waals surface area contributed by atoms with E-state index in [2.05, 4.69) is 40.3 Å². The highest BCUT2D eigenvalue weighted by atomic mass is 32.2. The SMILES string of the molecule is Cc1ccc(S(=O)(=O)N2CCC3(CC2)Nc2ccccc2-n2cccc23)cc1C. The summed E-state index contributed by atoms with van der Waals surface area (Å²) in [6, 6.07) is 17.9. The first-order chi connectivity index (χ1) is 13.9. The molecule has 5 rings (SSSR count). The van der Waals surface area contributed by atoms with Crippen molar-refractivity contribution in [3.63, 3.8) is 0 Å². The lowest BCUT2D eigenvalue weighted by atomic mass is 9.83. The minimum absolute atomic E-state index is 0.243. The Morgan fingerprint density at radius 2 is 1.69 bits per heavy atom. The van der Waals surface area contributed by atoms with Crippen molar-refractivity contribution in [2.45, 2.75) is 37.1 Å².